The van der Waals surface area contributed by atoms with Gasteiger partial charge in [-0.05, 0) is 37.8 Å². The van der Waals surface area contributed by atoms with E-state index >= 15 is 0 Å². The normalized spacial score (nSPS) is 28.6. The minimum absolute atomic E-state index is 0.204. The average molecular weight is 195 g/mol. The van der Waals surface area contributed by atoms with E-state index < -0.39 is 0 Å². The molecule has 0 aromatic carbocycles. The van der Waals surface area contributed by atoms with Crippen molar-refractivity contribution in [2.75, 3.05) is 7.05 Å². The second-order valence-electron chi connectivity index (χ2n) is 6.23. The summed E-state index contributed by atoms with van der Waals surface area (Å²) in [5.74, 6) is 0. The van der Waals surface area contributed by atoms with Crippen molar-refractivity contribution in [2.24, 2.45) is 10.8 Å². The van der Waals surface area contributed by atoms with Gasteiger partial charge in [-0.15, -0.1) is 0 Å². The Morgan fingerprint density at radius 3 is 1.86 bits per heavy atom. The molecule has 0 atom stereocenters. The van der Waals surface area contributed by atoms with E-state index in [1.54, 1.807) is 0 Å². The Hall–Kier alpha value is -0.460. The van der Waals surface area contributed by atoms with E-state index in [2.05, 4.69) is 66.6 Å². The Bertz CT molecular complexity index is 269. The maximum Gasteiger partial charge on any atom is 0.0396 e. The van der Waals surface area contributed by atoms with Gasteiger partial charge in [-0.1, -0.05) is 33.3 Å². The van der Waals surface area contributed by atoms with Gasteiger partial charge in [0.1, 0.15) is 0 Å². The lowest BCUT2D eigenvalue weighted by atomic mass is 9.54. The molecule has 0 fully saturated rings. The van der Waals surface area contributed by atoms with Gasteiger partial charge in [0, 0.05) is 12.6 Å². The van der Waals surface area contributed by atoms with Crippen LogP contribution in [0.4, 0.5) is 0 Å². The molecular weight excluding hydrogens is 170 g/mol. The molecule has 0 bridgehead atoms. The van der Waals surface area contributed by atoms with Crippen LogP contribution in [0.3, 0.4) is 0 Å². The lowest BCUT2D eigenvalue weighted by Crippen LogP contribution is -2.59. The summed E-state index contributed by atoms with van der Waals surface area (Å²) >= 11 is 0. The molecule has 1 heteroatoms. The second kappa shape index (κ2) is 2.77. The van der Waals surface area contributed by atoms with Crippen molar-refractivity contribution < 1.29 is 0 Å². The van der Waals surface area contributed by atoms with Crippen LogP contribution >= 0.6 is 0 Å². The summed E-state index contributed by atoms with van der Waals surface area (Å²) in [6, 6.07) is 0. The molecule has 0 saturated carbocycles. The summed E-state index contributed by atoms with van der Waals surface area (Å²) in [6.07, 6.45) is 2.30. The molecule has 1 rings (SSSR count). The number of allylic oxidation sites excluding steroid dienone is 1. The number of rotatable bonds is 0. The molecule has 0 amide bonds. The molecule has 0 unspecified atom stereocenters. The van der Waals surface area contributed by atoms with Crippen LogP contribution in [0, 0.1) is 10.8 Å². The summed E-state index contributed by atoms with van der Waals surface area (Å²) in [7, 11) is 2.18. The highest BCUT2D eigenvalue weighted by molar-refractivity contribution is 5.23. The van der Waals surface area contributed by atoms with Crippen molar-refractivity contribution in [3.05, 3.63) is 11.8 Å². The summed E-state index contributed by atoms with van der Waals surface area (Å²) in [6.45, 7) is 16.4. The zero-order valence-corrected chi connectivity index (χ0v) is 11.0. The highest BCUT2D eigenvalue weighted by atomic mass is 15.2. The van der Waals surface area contributed by atoms with Gasteiger partial charge in [0.05, 0.1) is 0 Å². The summed E-state index contributed by atoms with van der Waals surface area (Å²) < 4.78 is 0. The number of hydrogen-bond donors (Lipinski definition) is 0. The first-order valence-corrected chi connectivity index (χ1v) is 5.47. The second-order valence-corrected chi connectivity index (χ2v) is 6.23. The highest BCUT2D eigenvalue weighted by Crippen LogP contribution is 2.55. The molecule has 0 N–H and O–H groups in total. The monoisotopic (exact) mass is 195 g/mol. The molecule has 1 nitrogen and oxygen atoms in total. The van der Waals surface area contributed by atoms with E-state index in [1.165, 1.54) is 5.57 Å². The molecule has 0 aliphatic carbocycles. The zero-order chi connectivity index (χ0) is 11.4. The van der Waals surface area contributed by atoms with Crippen LogP contribution in [0.2, 0.25) is 0 Å². The Labute approximate surface area is 89.2 Å². The van der Waals surface area contributed by atoms with E-state index in [0.717, 1.165) is 0 Å². The third-order valence-corrected chi connectivity index (χ3v) is 5.35. The minimum atomic E-state index is 0.204. The largest absolute Gasteiger partial charge is 0.375 e. The molecule has 1 aliphatic heterocycles. The van der Waals surface area contributed by atoms with Gasteiger partial charge < -0.3 is 4.90 Å². The highest BCUT2D eigenvalue weighted by Gasteiger charge is 2.52. The topological polar surface area (TPSA) is 3.24 Å². The van der Waals surface area contributed by atoms with Crippen LogP contribution in [0.25, 0.3) is 0 Å². The smallest absolute Gasteiger partial charge is 0.0396 e. The molecule has 82 valence electrons. The lowest BCUT2D eigenvalue weighted by Gasteiger charge is -2.59. The van der Waals surface area contributed by atoms with E-state index in [1.807, 2.05) is 0 Å². The molecule has 0 spiro atoms. The Morgan fingerprint density at radius 2 is 1.43 bits per heavy atom. The van der Waals surface area contributed by atoms with E-state index in [4.69, 9.17) is 0 Å². The van der Waals surface area contributed by atoms with Crippen molar-refractivity contribution in [1.29, 1.82) is 0 Å². The van der Waals surface area contributed by atoms with Crippen LogP contribution in [0.5, 0.6) is 0 Å². The van der Waals surface area contributed by atoms with E-state index in [9.17, 15) is 0 Å². The maximum absolute atomic E-state index is 2.38. The van der Waals surface area contributed by atoms with Gasteiger partial charge in [0.2, 0.25) is 0 Å². The molecule has 1 aliphatic rings. The first-order valence-electron chi connectivity index (χ1n) is 5.47. The predicted molar refractivity (Wildman–Crippen MR) is 63.2 cm³/mol. The molecule has 0 radical (unpaired) electrons. The fourth-order valence-electron chi connectivity index (χ4n) is 2.31. The van der Waals surface area contributed by atoms with Crippen LogP contribution < -0.4 is 0 Å². The van der Waals surface area contributed by atoms with Crippen molar-refractivity contribution in [2.45, 2.75) is 54.0 Å². The maximum atomic E-state index is 2.38. The quantitative estimate of drug-likeness (QED) is 0.570. The third-order valence-electron chi connectivity index (χ3n) is 5.35. The molecule has 0 aromatic heterocycles. The first kappa shape index (κ1) is 11.6. The van der Waals surface area contributed by atoms with Gasteiger partial charge in [0.25, 0.3) is 0 Å². The van der Waals surface area contributed by atoms with Crippen LogP contribution in [0.1, 0.15) is 48.5 Å². The van der Waals surface area contributed by atoms with Gasteiger partial charge in [-0.25, -0.2) is 0 Å². The molecule has 14 heavy (non-hydrogen) atoms. The van der Waals surface area contributed by atoms with Crippen LogP contribution in [-0.2, 0) is 0 Å². The summed E-state index contributed by atoms with van der Waals surface area (Å²) in [5, 5.41) is 0. The molecule has 0 aromatic rings. The SMILES string of the molecule is CC1=CN(C)C(C)(C)C(C)(C)C1(C)C. The fourth-order valence-corrected chi connectivity index (χ4v) is 2.31. The molecular formula is C13H25N. The van der Waals surface area contributed by atoms with Gasteiger partial charge in [0.15, 0.2) is 0 Å². The number of hydrogen-bond acceptors (Lipinski definition) is 1. The van der Waals surface area contributed by atoms with Crippen LogP contribution in [-0.4, -0.2) is 17.5 Å². The molecule has 1 heterocycles. The van der Waals surface area contributed by atoms with Crippen LogP contribution in [0.15, 0.2) is 11.8 Å². The van der Waals surface area contributed by atoms with E-state index in [-0.39, 0.29) is 16.4 Å². The average Bonchev–Trinajstić information content (AvgIpc) is 2.01. The van der Waals surface area contributed by atoms with Gasteiger partial charge >= 0.3 is 0 Å². The summed E-state index contributed by atoms with van der Waals surface area (Å²) in [5.41, 5.74) is 2.22. The number of nitrogens with zero attached hydrogens (tertiary/aromatic N) is 1. The van der Waals surface area contributed by atoms with Crippen molar-refractivity contribution in [3.63, 3.8) is 0 Å². The van der Waals surface area contributed by atoms with Crippen molar-refractivity contribution >= 4 is 0 Å². The lowest BCUT2D eigenvalue weighted by molar-refractivity contribution is -0.0334. The fraction of sp³-hybridized carbons (Fsp3) is 0.846. The minimum Gasteiger partial charge on any atom is -0.375 e. The van der Waals surface area contributed by atoms with E-state index in [0.29, 0.717) is 0 Å². The first-order chi connectivity index (χ1) is 6.05. The standard InChI is InChI=1S/C13H25N/c1-10-9-14(8)13(6,7)12(4,5)11(10,2)3/h9H,1-8H3. The zero-order valence-electron chi connectivity index (χ0n) is 11.0. The Kier molecular flexibility index (Phi) is 2.30. The van der Waals surface area contributed by atoms with Gasteiger partial charge in [-0.3, -0.25) is 0 Å². The predicted octanol–water partition coefficient (Wildman–Crippen LogP) is 3.67. The Morgan fingerprint density at radius 1 is 1.00 bits per heavy atom. The van der Waals surface area contributed by atoms with Gasteiger partial charge in [-0.2, -0.15) is 0 Å². The van der Waals surface area contributed by atoms with Crippen molar-refractivity contribution in [3.8, 4) is 0 Å². The summed E-state index contributed by atoms with van der Waals surface area (Å²) in [4.78, 5) is 2.35. The Balaban J connectivity index is 3.35. The molecule has 0 saturated heterocycles. The van der Waals surface area contributed by atoms with Crippen molar-refractivity contribution in [1.82, 2.24) is 4.90 Å². The third kappa shape index (κ3) is 1.14.